The third-order valence-electron chi connectivity index (χ3n) is 1.16. The number of hydrogen-bond acceptors (Lipinski definition) is 2. The molecule has 1 rings (SSSR count). The second-order valence-corrected chi connectivity index (χ2v) is 2.09. The Labute approximate surface area is 61.3 Å². The summed E-state index contributed by atoms with van der Waals surface area (Å²) >= 11 is 0. The van der Waals surface area contributed by atoms with Gasteiger partial charge in [-0.2, -0.15) is 0 Å². The van der Waals surface area contributed by atoms with Crippen molar-refractivity contribution in [2.75, 3.05) is 13.2 Å². The fourth-order valence-corrected chi connectivity index (χ4v) is 0.674. The first kappa shape index (κ1) is 7.14. The zero-order chi connectivity index (χ0) is 7.23. The number of rotatable bonds is 1. The average Bonchev–Trinajstić information content (AvgIpc) is 2.41. The molecule has 2 heteroatoms. The Morgan fingerprint density at radius 2 is 2.60 bits per heavy atom. The van der Waals surface area contributed by atoms with Crippen molar-refractivity contribution >= 4 is 5.90 Å². The van der Waals surface area contributed by atoms with Gasteiger partial charge in [-0.1, -0.05) is 12.8 Å². The number of nitrogens with zero attached hydrogens (tertiary/aromatic N) is 1. The first-order valence-electron chi connectivity index (χ1n) is 3.59. The third kappa shape index (κ3) is 2.10. The summed E-state index contributed by atoms with van der Waals surface area (Å²) in [7, 11) is 0. The van der Waals surface area contributed by atoms with Crippen LogP contribution in [0.3, 0.4) is 0 Å². The summed E-state index contributed by atoms with van der Waals surface area (Å²) < 4.78 is 5.08. The van der Waals surface area contributed by atoms with Crippen LogP contribution >= 0.6 is 0 Å². The maximum absolute atomic E-state index is 5.08. The molecule has 0 atom stereocenters. The van der Waals surface area contributed by atoms with Gasteiger partial charge in [-0.15, -0.1) is 0 Å². The molecule has 0 amide bonds. The predicted octanol–water partition coefficient (Wildman–Crippen LogP) is 1.22. The van der Waals surface area contributed by atoms with E-state index >= 15 is 0 Å². The summed E-state index contributed by atoms with van der Waals surface area (Å²) in [6.07, 6.45) is 2.03. The van der Waals surface area contributed by atoms with E-state index in [-0.39, 0.29) is 0 Å². The van der Waals surface area contributed by atoms with E-state index in [9.17, 15) is 0 Å². The van der Waals surface area contributed by atoms with E-state index in [1.165, 1.54) is 0 Å². The molecular weight excluding hydrogens is 126 g/mol. The second kappa shape index (κ2) is 3.94. The van der Waals surface area contributed by atoms with Crippen molar-refractivity contribution in [2.45, 2.75) is 19.8 Å². The van der Waals surface area contributed by atoms with E-state index in [0.29, 0.717) is 12.5 Å². The summed E-state index contributed by atoms with van der Waals surface area (Å²) in [6.45, 7) is 3.58. The Hall–Kier alpha value is -0.970. The molecule has 54 valence electrons. The van der Waals surface area contributed by atoms with Crippen molar-refractivity contribution in [1.82, 2.24) is 0 Å². The van der Waals surface area contributed by atoms with Gasteiger partial charge in [0.1, 0.15) is 6.61 Å². The minimum Gasteiger partial charge on any atom is -0.470 e. The molecule has 0 aromatic carbocycles. The molecule has 1 aliphatic rings. The highest BCUT2D eigenvalue weighted by molar-refractivity contribution is 5.94. The molecule has 0 aromatic rings. The van der Waals surface area contributed by atoms with Gasteiger partial charge in [-0.3, -0.25) is 0 Å². The zero-order valence-corrected chi connectivity index (χ0v) is 6.18. The predicted molar refractivity (Wildman–Crippen MR) is 40.9 cm³/mol. The van der Waals surface area contributed by atoms with Gasteiger partial charge in [0.2, 0.25) is 0 Å². The van der Waals surface area contributed by atoms with Crippen LogP contribution < -0.4 is 0 Å². The molecule has 0 unspecified atom stereocenters. The van der Waals surface area contributed by atoms with Crippen LogP contribution in [-0.2, 0) is 4.74 Å². The van der Waals surface area contributed by atoms with Crippen LogP contribution in [0, 0.1) is 11.8 Å². The molecule has 0 bridgehead atoms. The molecule has 10 heavy (non-hydrogen) atoms. The molecule has 0 N–H and O–H groups in total. The smallest absolute Gasteiger partial charge is 0.263 e. The van der Waals surface area contributed by atoms with Gasteiger partial charge in [-0.25, -0.2) is 4.99 Å². The summed E-state index contributed by atoms with van der Waals surface area (Å²) in [5, 5.41) is 0. The highest BCUT2D eigenvalue weighted by Gasteiger charge is 2.00. The monoisotopic (exact) mass is 137 g/mol. The first-order chi connectivity index (χ1) is 4.93. The number of ether oxygens (including phenoxy) is 1. The van der Waals surface area contributed by atoms with Crippen molar-refractivity contribution < 1.29 is 4.74 Å². The lowest BCUT2D eigenvalue weighted by atomic mass is 10.3. The number of unbranched alkanes of at least 4 members (excludes halogenated alkanes) is 1. The highest BCUT2D eigenvalue weighted by atomic mass is 16.5. The molecule has 0 radical (unpaired) electrons. The SMILES string of the molecule is CCCC#CC1=NCCO1. The van der Waals surface area contributed by atoms with E-state index in [1.807, 2.05) is 0 Å². The number of hydrogen-bond donors (Lipinski definition) is 0. The normalized spacial score (nSPS) is 15.1. The van der Waals surface area contributed by atoms with Crippen LogP contribution in [0.2, 0.25) is 0 Å². The Bertz CT molecular complexity index is 185. The van der Waals surface area contributed by atoms with E-state index in [0.717, 1.165) is 19.4 Å². The van der Waals surface area contributed by atoms with Gasteiger partial charge >= 0.3 is 0 Å². The van der Waals surface area contributed by atoms with Crippen molar-refractivity contribution in [3.8, 4) is 11.8 Å². The molecule has 0 spiro atoms. The van der Waals surface area contributed by atoms with Crippen molar-refractivity contribution in [3.63, 3.8) is 0 Å². The van der Waals surface area contributed by atoms with Crippen molar-refractivity contribution in [3.05, 3.63) is 0 Å². The molecule has 0 saturated heterocycles. The minimum absolute atomic E-state index is 0.619. The van der Waals surface area contributed by atoms with Crippen molar-refractivity contribution in [2.24, 2.45) is 4.99 Å². The van der Waals surface area contributed by atoms with Crippen LogP contribution in [0.25, 0.3) is 0 Å². The van der Waals surface area contributed by atoms with Crippen LogP contribution in [0.1, 0.15) is 19.8 Å². The van der Waals surface area contributed by atoms with Gasteiger partial charge in [0.25, 0.3) is 5.90 Å². The summed E-state index contributed by atoms with van der Waals surface area (Å²) in [4.78, 5) is 4.03. The summed E-state index contributed by atoms with van der Waals surface area (Å²) in [5.74, 6) is 6.45. The van der Waals surface area contributed by atoms with Gasteiger partial charge in [0, 0.05) is 6.42 Å². The molecule has 0 fully saturated rings. The lowest BCUT2D eigenvalue weighted by molar-refractivity contribution is 0.351. The lowest BCUT2D eigenvalue weighted by Crippen LogP contribution is -1.93. The second-order valence-electron chi connectivity index (χ2n) is 2.09. The fourth-order valence-electron chi connectivity index (χ4n) is 0.674. The fraction of sp³-hybridized carbons (Fsp3) is 0.625. The zero-order valence-electron chi connectivity index (χ0n) is 6.18. The van der Waals surface area contributed by atoms with Gasteiger partial charge in [0.05, 0.1) is 6.54 Å². The molecule has 0 saturated carbocycles. The van der Waals surface area contributed by atoms with Crippen LogP contribution in [0.15, 0.2) is 4.99 Å². The minimum atomic E-state index is 0.619. The lowest BCUT2D eigenvalue weighted by Gasteiger charge is -1.87. The van der Waals surface area contributed by atoms with Gasteiger partial charge in [-0.05, 0) is 12.3 Å². The maximum atomic E-state index is 5.08. The first-order valence-corrected chi connectivity index (χ1v) is 3.59. The van der Waals surface area contributed by atoms with Crippen LogP contribution in [0.4, 0.5) is 0 Å². The Morgan fingerprint density at radius 3 is 3.20 bits per heavy atom. The van der Waals surface area contributed by atoms with Crippen molar-refractivity contribution in [1.29, 1.82) is 0 Å². The largest absolute Gasteiger partial charge is 0.470 e. The average molecular weight is 137 g/mol. The molecule has 1 aliphatic heterocycles. The van der Waals surface area contributed by atoms with E-state index in [2.05, 4.69) is 23.8 Å². The van der Waals surface area contributed by atoms with Gasteiger partial charge < -0.3 is 4.74 Å². The highest BCUT2D eigenvalue weighted by Crippen LogP contribution is 1.92. The van der Waals surface area contributed by atoms with E-state index in [4.69, 9.17) is 4.74 Å². The van der Waals surface area contributed by atoms with Crippen LogP contribution in [-0.4, -0.2) is 19.0 Å². The molecule has 0 aromatic heterocycles. The molecule has 0 aliphatic carbocycles. The maximum Gasteiger partial charge on any atom is 0.263 e. The van der Waals surface area contributed by atoms with E-state index in [1.54, 1.807) is 0 Å². The quantitative estimate of drug-likeness (QED) is 0.498. The van der Waals surface area contributed by atoms with E-state index < -0.39 is 0 Å². The number of aliphatic imine (C=N–C) groups is 1. The van der Waals surface area contributed by atoms with Crippen LogP contribution in [0.5, 0.6) is 0 Å². The van der Waals surface area contributed by atoms with Gasteiger partial charge in [0.15, 0.2) is 0 Å². The summed E-state index contributed by atoms with van der Waals surface area (Å²) in [6, 6.07) is 0. The summed E-state index contributed by atoms with van der Waals surface area (Å²) in [5.41, 5.74) is 0. The molecule has 1 heterocycles. The standard InChI is InChI=1S/C8H11NO/c1-2-3-4-5-8-9-6-7-10-8/h2-3,6-7H2,1H3. The Morgan fingerprint density at radius 1 is 1.70 bits per heavy atom. The Balaban J connectivity index is 2.31. The topological polar surface area (TPSA) is 21.6 Å². The third-order valence-corrected chi connectivity index (χ3v) is 1.16. The Kier molecular flexibility index (Phi) is 2.82. The molecular formula is C8H11NO. The molecule has 2 nitrogen and oxygen atoms in total.